The summed E-state index contributed by atoms with van der Waals surface area (Å²) in [4.78, 5) is 8.27. The molecule has 3 rings (SSSR count). The van der Waals surface area contributed by atoms with Crippen LogP contribution in [0.4, 0.5) is 0 Å². The molecule has 0 amide bonds. The monoisotopic (exact) mass is 231 g/mol. The Balaban J connectivity index is 1.94. The Bertz CT molecular complexity index is 522. The van der Waals surface area contributed by atoms with Gasteiger partial charge in [-0.25, -0.2) is 15.3 Å². The summed E-state index contributed by atoms with van der Waals surface area (Å²) in [6, 6.07) is 2.00. The molecule has 1 fully saturated rings. The zero-order valence-electron chi connectivity index (χ0n) is 9.33. The van der Waals surface area contributed by atoms with Crippen molar-refractivity contribution in [2.45, 2.75) is 12.5 Å². The molecule has 1 radical (unpaired) electrons. The van der Waals surface area contributed by atoms with Gasteiger partial charge in [0.2, 0.25) is 5.88 Å². The zero-order valence-corrected chi connectivity index (χ0v) is 9.33. The third kappa shape index (κ3) is 1.76. The predicted octanol–water partition coefficient (Wildman–Crippen LogP) is 1.19. The molecule has 1 aliphatic heterocycles. The van der Waals surface area contributed by atoms with Gasteiger partial charge in [0, 0.05) is 25.0 Å². The van der Waals surface area contributed by atoms with Crippen molar-refractivity contribution in [2.75, 3.05) is 13.7 Å². The lowest BCUT2D eigenvalue weighted by atomic mass is 10.0. The minimum absolute atomic E-state index is 0.152. The second kappa shape index (κ2) is 4.14. The molecule has 87 valence electrons. The molecule has 1 saturated heterocycles. The van der Waals surface area contributed by atoms with Crippen molar-refractivity contribution in [1.82, 2.24) is 20.4 Å². The van der Waals surface area contributed by atoms with Crippen LogP contribution in [0.3, 0.4) is 0 Å². The van der Waals surface area contributed by atoms with E-state index in [4.69, 9.17) is 9.26 Å². The van der Waals surface area contributed by atoms with Gasteiger partial charge in [-0.2, -0.15) is 0 Å². The fourth-order valence-electron chi connectivity index (χ4n) is 1.70. The minimum atomic E-state index is 0.152. The highest BCUT2D eigenvalue weighted by molar-refractivity contribution is 5.59. The molecule has 1 unspecified atom stereocenters. The van der Waals surface area contributed by atoms with Crippen LogP contribution < -0.4 is 10.1 Å². The Kier molecular flexibility index (Phi) is 2.49. The van der Waals surface area contributed by atoms with Gasteiger partial charge >= 0.3 is 0 Å². The topological polar surface area (TPSA) is 75.1 Å². The highest BCUT2D eigenvalue weighted by Crippen LogP contribution is 2.30. The second-order valence-corrected chi connectivity index (χ2v) is 3.74. The molecule has 0 spiro atoms. The normalized spacial score (nSPS) is 18.8. The fourth-order valence-corrected chi connectivity index (χ4v) is 1.70. The van der Waals surface area contributed by atoms with E-state index in [-0.39, 0.29) is 6.04 Å². The Labute approximate surface area is 98.0 Å². The number of methoxy groups -OCH3 is 1. The molecule has 6 heteroatoms. The van der Waals surface area contributed by atoms with Crippen LogP contribution in [0.2, 0.25) is 0 Å². The Morgan fingerprint density at radius 3 is 2.88 bits per heavy atom. The van der Waals surface area contributed by atoms with E-state index in [1.54, 1.807) is 19.5 Å². The summed E-state index contributed by atoms with van der Waals surface area (Å²) in [5.74, 6) is 1.22. The third-order valence-electron chi connectivity index (χ3n) is 2.71. The maximum atomic E-state index is 5.26. The molecule has 1 atom stereocenters. The molecular formula is C11H11N4O2. The molecular weight excluding hydrogens is 220 g/mol. The standard InChI is InChI=1S/C11H11N4O2/c1-16-11-10(13-4-5-14-11)8-6-9(17-15-8)7-2-3-12-7/h4-7H,2-3H2,1H3. The van der Waals surface area contributed by atoms with Crippen molar-refractivity contribution in [1.29, 1.82) is 0 Å². The lowest BCUT2D eigenvalue weighted by Crippen LogP contribution is -2.27. The first-order valence-corrected chi connectivity index (χ1v) is 5.37. The largest absolute Gasteiger partial charge is 0.479 e. The molecule has 0 aliphatic carbocycles. The van der Waals surface area contributed by atoms with E-state index in [2.05, 4.69) is 20.4 Å². The Hall–Kier alpha value is -1.95. The Morgan fingerprint density at radius 1 is 1.35 bits per heavy atom. The van der Waals surface area contributed by atoms with Crippen molar-refractivity contribution >= 4 is 0 Å². The maximum absolute atomic E-state index is 5.26. The molecule has 0 N–H and O–H groups in total. The van der Waals surface area contributed by atoms with E-state index in [0.29, 0.717) is 17.3 Å². The number of hydrogen-bond donors (Lipinski definition) is 0. The van der Waals surface area contributed by atoms with Gasteiger partial charge < -0.3 is 9.26 Å². The molecule has 17 heavy (non-hydrogen) atoms. The molecule has 0 saturated carbocycles. The first-order valence-electron chi connectivity index (χ1n) is 5.37. The van der Waals surface area contributed by atoms with Crippen LogP contribution in [0.5, 0.6) is 5.88 Å². The van der Waals surface area contributed by atoms with E-state index in [1.807, 2.05) is 6.07 Å². The molecule has 2 aromatic heterocycles. The maximum Gasteiger partial charge on any atom is 0.242 e. The minimum Gasteiger partial charge on any atom is -0.479 e. The second-order valence-electron chi connectivity index (χ2n) is 3.74. The summed E-state index contributed by atoms with van der Waals surface area (Å²) in [6.45, 7) is 0.898. The summed E-state index contributed by atoms with van der Waals surface area (Å²) in [6.07, 6.45) is 4.19. The van der Waals surface area contributed by atoms with Crippen LogP contribution >= 0.6 is 0 Å². The van der Waals surface area contributed by atoms with Gasteiger partial charge in [0.1, 0.15) is 5.69 Å². The number of aromatic nitrogens is 3. The summed E-state index contributed by atoms with van der Waals surface area (Å²) < 4.78 is 10.4. The van der Waals surface area contributed by atoms with Gasteiger partial charge in [0.15, 0.2) is 11.5 Å². The van der Waals surface area contributed by atoms with Gasteiger partial charge in [-0.1, -0.05) is 5.16 Å². The van der Waals surface area contributed by atoms with Gasteiger partial charge in [0.05, 0.1) is 13.2 Å². The van der Waals surface area contributed by atoms with Crippen molar-refractivity contribution in [3.05, 3.63) is 24.2 Å². The van der Waals surface area contributed by atoms with Crippen LogP contribution in [0.15, 0.2) is 23.0 Å². The summed E-state index contributed by atoms with van der Waals surface area (Å²) in [7, 11) is 1.55. The van der Waals surface area contributed by atoms with Crippen LogP contribution in [0.1, 0.15) is 18.2 Å². The van der Waals surface area contributed by atoms with Crippen molar-refractivity contribution < 1.29 is 9.26 Å². The van der Waals surface area contributed by atoms with E-state index >= 15 is 0 Å². The van der Waals surface area contributed by atoms with Crippen molar-refractivity contribution in [3.63, 3.8) is 0 Å². The Morgan fingerprint density at radius 2 is 2.18 bits per heavy atom. The van der Waals surface area contributed by atoms with Gasteiger partial charge in [-0.3, -0.25) is 0 Å². The van der Waals surface area contributed by atoms with Gasteiger partial charge in [0.25, 0.3) is 0 Å². The molecule has 6 nitrogen and oxygen atoms in total. The SMILES string of the molecule is COc1nccnc1-c1cc(C2CC[N]2)on1. The quantitative estimate of drug-likeness (QED) is 0.793. The molecule has 3 heterocycles. The lowest BCUT2D eigenvalue weighted by molar-refractivity contribution is 0.276. The van der Waals surface area contributed by atoms with Gasteiger partial charge in [-0.15, -0.1) is 0 Å². The molecule has 2 aromatic rings. The molecule has 0 bridgehead atoms. The summed E-state index contributed by atoms with van der Waals surface area (Å²) in [5, 5.41) is 8.27. The smallest absolute Gasteiger partial charge is 0.242 e. The lowest BCUT2D eigenvalue weighted by Gasteiger charge is -2.21. The first-order chi connectivity index (χ1) is 8.38. The summed E-state index contributed by atoms with van der Waals surface area (Å²) in [5.41, 5.74) is 1.22. The fraction of sp³-hybridized carbons (Fsp3) is 0.364. The number of ether oxygens (including phenoxy) is 1. The van der Waals surface area contributed by atoms with E-state index in [1.165, 1.54) is 0 Å². The highest BCUT2D eigenvalue weighted by atomic mass is 16.5. The van der Waals surface area contributed by atoms with E-state index in [9.17, 15) is 0 Å². The van der Waals surface area contributed by atoms with Crippen LogP contribution in [0.25, 0.3) is 11.4 Å². The molecule has 0 aromatic carbocycles. The summed E-state index contributed by atoms with van der Waals surface area (Å²) >= 11 is 0. The van der Waals surface area contributed by atoms with Crippen molar-refractivity contribution in [2.24, 2.45) is 0 Å². The van der Waals surface area contributed by atoms with E-state index in [0.717, 1.165) is 18.7 Å². The van der Waals surface area contributed by atoms with Crippen LogP contribution in [-0.4, -0.2) is 28.8 Å². The van der Waals surface area contributed by atoms with Crippen LogP contribution in [0, 0.1) is 0 Å². The number of rotatable bonds is 3. The van der Waals surface area contributed by atoms with Crippen LogP contribution in [-0.2, 0) is 0 Å². The zero-order chi connectivity index (χ0) is 11.7. The molecule has 1 aliphatic rings. The van der Waals surface area contributed by atoms with Crippen molar-refractivity contribution in [3.8, 4) is 17.3 Å². The predicted molar refractivity (Wildman–Crippen MR) is 58.4 cm³/mol. The first kappa shape index (κ1) is 10.2. The average Bonchev–Trinajstić information content (AvgIpc) is 2.76. The van der Waals surface area contributed by atoms with Gasteiger partial charge in [-0.05, 0) is 6.42 Å². The number of nitrogens with zero attached hydrogens (tertiary/aromatic N) is 4. The third-order valence-corrected chi connectivity index (χ3v) is 2.71. The average molecular weight is 231 g/mol. The van der Waals surface area contributed by atoms with E-state index < -0.39 is 0 Å². The highest BCUT2D eigenvalue weighted by Gasteiger charge is 2.25. The number of hydrogen-bond acceptors (Lipinski definition) is 5.